The van der Waals surface area contributed by atoms with E-state index in [1.54, 1.807) is 6.07 Å². The van der Waals surface area contributed by atoms with Crippen LogP contribution in [0.3, 0.4) is 0 Å². The Hall–Kier alpha value is -0.580. The number of nitrogens with zero attached hydrogens (tertiary/aromatic N) is 1. The van der Waals surface area contributed by atoms with E-state index < -0.39 is 11.9 Å². The molecule has 0 aliphatic heterocycles. The monoisotopic (exact) mass is 309 g/mol. The first-order valence-corrected chi connectivity index (χ1v) is 6.19. The third-order valence-corrected chi connectivity index (χ3v) is 4.12. The first-order valence-electron chi connectivity index (χ1n) is 5.28. The van der Waals surface area contributed by atoms with Crippen LogP contribution in [-0.4, -0.2) is 9.81 Å². The highest BCUT2D eigenvalue weighted by molar-refractivity contribution is 9.09. The summed E-state index contributed by atoms with van der Waals surface area (Å²) in [4.78, 5) is 3.73. The van der Waals surface area contributed by atoms with Gasteiger partial charge in [0.2, 0.25) is 0 Å². The molecule has 1 aromatic heterocycles. The second kappa shape index (κ2) is 4.96. The molecule has 1 heterocycles. The second-order valence-electron chi connectivity index (χ2n) is 5.05. The first kappa shape index (κ1) is 14.5. The molecule has 0 aliphatic rings. The minimum Gasteiger partial charge on any atom is -0.248 e. The lowest BCUT2D eigenvalue weighted by atomic mass is 9.89. The van der Waals surface area contributed by atoms with Gasteiger partial charge in [-0.15, -0.1) is 0 Å². The Labute approximate surface area is 108 Å². The fourth-order valence-corrected chi connectivity index (χ4v) is 1.57. The molecule has 1 rings (SSSR count). The summed E-state index contributed by atoms with van der Waals surface area (Å²) in [5, 5.41) is 0. The molecule has 96 valence electrons. The van der Waals surface area contributed by atoms with Crippen molar-refractivity contribution < 1.29 is 13.2 Å². The topological polar surface area (TPSA) is 12.9 Å². The largest absolute Gasteiger partial charge is 0.433 e. The van der Waals surface area contributed by atoms with Crippen molar-refractivity contribution >= 4 is 15.9 Å². The molecule has 0 fully saturated rings. The van der Waals surface area contributed by atoms with Crippen molar-refractivity contribution in [3.05, 3.63) is 29.6 Å². The minimum atomic E-state index is -4.38. The molecule has 0 N–H and O–H groups in total. The van der Waals surface area contributed by atoms with Gasteiger partial charge in [-0.2, -0.15) is 13.2 Å². The van der Waals surface area contributed by atoms with E-state index in [1.165, 1.54) is 6.07 Å². The zero-order valence-electron chi connectivity index (χ0n) is 9.98. The summed E-state index contributed by atoms with van der Waals surface area (Å²) in [6, 6.07) is 4.01. The standard InChI is InChI=1S/C12H15BrF3N/c1-11(2,3)9(13)7-8-5-4-6-10(17-8)12(14,15)16/h4-6,9H,7H2,1-3H3. The van der Waals surface area contributed by atoms with Crippen LogP contribution in [0.2, 0.25) is 0 Å². The first-order chi connectivity index (χ1) is 7.60. The van der Waals surface area contributed by atoms with Gasteiger partial charge in [-0.25, -0.2) is 4.98 Å². The van der Waals surface area contributed by atoms with Crippen molar-refractivity contribution in [2.75, 3.05) is 0 Å². The highest BCUT2D eigenvalue weighted by Gasteiger charge is 2.32. The van der Waals surface area contributed by atoms with Crippen LogP contribution in [0.5, 0.6) is 0 Å². The van der Waals surface area contributed by atoms with Gasteiger partial charge in [0.1, 0.15) is 5.69 Å². The summed E-state index contributed by atoms with van der Waals surface area (Å²) in [5.41, 5.74) is -0.393. The molecular weight excluding hydrogens is 295 g/mol. The van der Waals surface area contributed by atoms with Crippen LogP contribution in [0.4, 0.5) is 13.2 Å². The molecule has 5 heteroatoms. The van der Waals surface area contributed by atoms with Crippen molar-refractivity contribution in [3.8, 4) is 0 Å². The van der Waals surface area contributed by atoms with Gasteiger partial charge in [-0.1, -0.05) is 42.8 Å². The quantitative estimate of drug-likeness (QED) is 0.735. The Bertz CT molecular complexity index is 382. The Balaban J connectivity index is 2.87. The van der Waals surface area contributed by atoms with E-state index in [0.29, 0.717) is 12.1 Å². The maximum atomic E-state index is 12.5. The van der Waals surface area contributed by atoms with E-state index in [4.69, 9.17) is 0 Å². The molecule has 0 saturated carbocycles. The molecule has 0 amide bonds. The van der Waals surface area contributed by atoms with E-state index in [9.17, 15) is 13.2 Å². The predicted octanol–water partition coefficient (Wildman–Crippen LogP) is 4.45. The maximum Gasteiger partial charge on any atom is 0.433 e. The predicted molar refractivity (Wildman–Crippen MR) is 65.1 cm³/mol. The average Bonchev–Trinajstić information content (AvgIpc) is 2.15. The summed E-state index contributed by atoms with van der Waals surface area (Å²) in [7, 11) is 0. The average molecular weight is 310 g/mol. The molecule has 0 bridgehead atoms. The lowest BCUT2D eigenvalue weighted by molar-refractivity contribution is -0.141. The lowest BCUT2D eigenvalue weighted by Gasteiger charge is -2.25. The summed E-state index contributed by atoms with van der Waals surface area (Å²) in [5.74, 6) is 0. The third kappa shape index (κ3) is 4.30. The molecule has 1 atom stereocenters. The number of pyridine rings is 1. The number of hydrogen-bond donors (Lipinski definition) is 0. The fourth-order valence-electron chi connectivity index (χ4n) is 1.24. The van der Waals surface area contributed by atoms with Crippen LogP contribution in [0.25, 0.3) is 0 Å². The highest BCUT2D eigenvalue weighted by atomic mass is 79.9. The zero-order chi connectivity index (χ0) is 13.3. The van der Waals surface area contributed by atoms with E-state index in [-0.39, 0.29) is 10.2 Å². The van der Waals surface area contributed by atoms with Crippen LogP contribution < -0.4 is 0 Å². The van der Waals surface area contributed by atoms with Gasteiger partial charge in [-0.05, 0) is 17.5 Å². The molecule has 0 aliphatic carbocycles. The number of alkyl halides is 4. The lowest BCUT2D eigenvalue weighted by Crippen LogP contribution is -2.23. The van der Waals surface area contributed by atoms with Gasteiger partial charge < -0.3 is 0 Å². The minimum absolute atomic E-state index is 0.0179. The van der Waals surface area contributed by atoms with Crippen molar-refractivity contribution in [3.63, 3.8) is 0 Å². The summed E-state index contributed by atoms with van der Waals surface area (Å²) in [6.07, 6.45) is -3.90. The molecule has 0 spiro atoms. The van der Waals surface area contributed by atoms with Gasteiger partial charge in [0.25, 0.3) is 0 Å². The van der Waals surface area contributed by atoms with Gasteiger partial charge in [-0.3, -0.25) is 0 Å². The van der Waals surface area contributed by atoms with Gasteiger partial charge in [0.15, 0.2) is 0 Å². The molecule has 1 unspecified atom stereocenters. The van der Waals surface area contributed by atoms with Gasteiger partial charge in [0, 0.05) is 16.9 Å². The second-order valence-corrected chi connectivity index (χ2v) is 6.15. The Morgan fingerprint density at radius 1 is 1.24 bits per heavy atom. The number of aromatic nitrogens is 1. The molecular formula is C12H15BrF3N. The normalized spacial score (nSPS) is 14.8. The van der Waals surface area contributed by atoms with E-state index >= 15 is 0 Å². The molecule has 0 aromatic carbocycles. The van der Waals surface area contributed by atoms with Crippen LogP contribution in [-0.2, 0) is 12.6 Å². The van der Waals surface area contributed by atoms with Crippen molar-refractivity contribution in [1.82, 2.24) is 4.98 Å². The van der Waals surface area contributed by atoms with Crippen molar-refractivity contribution in [2.24, 2.45) is 5.41 Å². The van der Waals surface area contributed by atoms with Crippen LogP contribution >= 0.6 is 15.9 Å². The highest BCUT2D eigenvalue weighted by Crippen LogP contribution is 2.30. The molecule has 1 nitrogen and oxygen atoms in total. The zero-order valence-corrected chi connectivity index (χ0v) is 11.6. The summed E-state index contributed by atoms with van der Waals surface area (Å²) >= 11 is 3.49. The van der Waals surface area contributed by atoms with E-state index in [2.05, 4.69) is 20.9 Å². The number of hydrogen-bond acceptors (Lipinski definition) is 1. The summed E-state index contributed by atoms with van der Waals surface area (Å²) in [6.45, 7) is 6.08. The molecule has 17 heavy (non-hydrogen) atoms. The maximum absolute atomic E-state index is 12.5. The van der Waals surface area contributed by atoms with Gasteiger partial charge in [0.05, 0.1) is 0 Å². The number of halogens is 4. The van der Waals surface area contributed by atoms with Gasteiger partial charge >= 0.3 is 6.18 Å². The van der Waals surface area contributed by atoms with E-state index in [0.717, 1.165) is 6.07 Å². The molecule has 0 saturated heterocycles. The van der Waals surface area contributed by atoms with Crippen molar-refractivity contribution in [2.45, 2.75) is 38.2 Å². The van der Waals surface area contributed by atoms with Crippen LogP contribution in [0, 0.1) is 5.41 Å². The molecule has 0 radical (unpaired) electrons. The smallest absolute Gasteiger partial charge is 0.248 e. The third-order valence-electron chi connectivity index (χ3n) is 2.43. The Kier molecular flexibility index (Phi) is 4.23. The van der Waals surface area contributed by atoms with Crippen LogP contribution in [0.15, 0.2) is 18.2 Å². The van der Waals surface area contributed by atoms with E-state index in [1.807, 2.05) is 20.8 Å². The Morgan fingerprint density at radius 3 is 2.29 bits per heavy atom. The number of rotatable bonds is 2. The van der Waals surface area contributed by atoms with Crippen LogP contribution in [0.1, 0.15) is 32.2 Å². The van der Waals surface area contributed by atoms with Crippen molar-refractivity contribution in [1.29, 1.82) is 0 Å². The molecule has 1 aromatic rings. The Morgan fingerprint density at radius 2 is 1.82 bits per heavy atom. The fraction of sp³-hybridized carbons (Fsp3) is 0.583. The SMILES string of the molecule is CC(C)(C)C(Br)Cc1cccc(C(F)(F)F)n1. The summed E-state index contributed by atoms with van der Waals surface area (Å²) < 4.78 is 37.4.